The van der Waals surface area contributed by atoms with Crippen molar-refractivity contribution in [1.29, 1.82) is 5.26 Å². The molecule has 4 heteroatoms. The lowest BCUT2D eigenvalue weighted by molar-refractivity contribution is 0.644. The van der Waals surface area contributed by atoms with Crippen molar-refractivity contribution in [2.75, 3.05) is 0 Å². The molecule has 13 heavy (non-hydrogen) atoms. The molecule has 0 aromatic carbocycles. The molecule has 1 heterocycles. The maximum atomic E-state index is 11.2. The minimum Gasteiger partial charge on any atom is -0.322 e. The summed E-state index contributed by atoms with van der Waals surface area (Å²) in [4.78, 5) is 17.9. The SMILES string of the molecule is N#Cc1nc2c([nH]c1=O)CCCC2. The number of hydrogen-bond acceptors (Lipinski definition) is 3. The maximum absolute atomic E-state index is 11.2. The first-order valence-corrected chi connectivity index (χ1v) is 4.33. The Hall–Kier alpha value is -1.63. The van der Waals surface area contributed by atoms with Crippen LogP contribution in [0.4, 0.5) is 0 Å². The zero-order valence-electron chi connectivity index (χ0n) is 7.13. The normalized spacial score (nSPS) is 14.7. The maximum Gasteiger partial charge on any atom is 0.284 e. The van der Waals surface area contributed by atoms with E-state index in [0.29, 0.717) is 0 Å². The van der Waals surface area contributed by atoms with E-state index in [-0.39, 0.29) is 11.3 Å². The van der Waals surface area contributed by atoms with E-state index in [1.54, 1.807) is 6.07 Å². The number of aromatic nitrogens is 2. The standard InChI is InChI=1S/C9H9N3O/c10-5-8-9(13)12-7-4-2-1-3-6(7)11-8/h1-4H2,(H,12,13). The molecule has 0 fully saturated rings. The van der Waals surface area contributed by atoms with Crippen LogP contribution >= 0.6 is 0 Å². The van der Waals surface area contributed by atoms with Crippen LogP contribution in [-0.4, -0.2) is 9.97 Å². The van der Waals surface area contributed by atoms with Crippen LogP contribution in [0.15, 0.2) is 4.79 Å². The Morgan fingerprint density at radius 2 is 2.15 bits per heavy atom. The Bertz CT molecular complexity index is 427. The fourth-order valence-corrected chi connectivity index (χ4v) is 1.61. The van der Waals surface area contributed by atoms with Crippen molar-refractivity contribution in [3.05, 3.63) is 27.4 Å². The summed E-state index contributed by atoms with van der Waals surface area (Å²) >= 11 is 0. The molecule has 0 aliphatic heterocycles. The fraction of sp³-hybridized carbons (Fsp3) is 0.444. The van der Waals surface area contributed by atoms with Crippen LogP contribution in [0.5, 0.6) is 0 Å². The first-order valence-electron chi connectivity index (χ1n) is 4.33. The molecule has 1 aliphatic rings. The number of H-pyrrole nitrogens is 1. The highest BCUT2D eigenvalue weighted by molar-refractivity contribution is 5.23. The van der Waals surface area contributed by atoms with Crippen molar-refractivity contribution >= 4 is 0 Å². The highest BCUT2D eigenvalue weighted by Gasteiger charge is 2.13. The molecule has 1 aliphatic carbocycles. The van der Waals surface area contributed by atoms with E-state index in [9.17, 15) is 4.79 Å². The smallest absolute Gasteiger partial charge is 0.284 e. The van der Waals surface area contributed by atoms with Gasteiger partial charge in [0.1, 0.15) is 6.07 Å². The summed E-state index contributed by atoms with van der Waals surface area (Å²) in [5.41, 5.74) is 1.43. The summed E-state index contributed by atoms with van der Waals surface area (Å²) in [5, 5.41) is 8.59. The first kappa shape index (κ1) is 7.99. The molecule has 66 valence electrons. The van der Waals surface area contributed by atoms with Gasteiger partial charge in [0, 0.05) is 5.69 Å². The molecular formula is C9H9N3O. The topological polar surface area (TPSA) is 69.5 Å². The third-order valence-corrected chi connectivity index (χ3v) is 2.27. The van der Waals surface area contributed by atoms with E-state index in [1.165, 1.54) is 0 Å². The van der Waals surface area contributed by atoms with Gasteiger partial charge in [-0.3, -0.25) is 4.79 Å². The van der Waals surface area contributed by atoms with E-state index in [0.717, 1.165) is 37.1 Å². The summed E-state index contributed by atoms with van der Waals surface area (Å²) < 4.78 is 0. The van der Waals surface area contributed by atoms with Gasteiger partial charge in [-0.2, -0.15) is 5.26 Å². The van der Waals surface area contributed by atoms with E-state index in [4.69, 9.17) is 5.26 Å². The zero-order chi connectivity index (χ0) is 9.26. The molecule has 1 N–H and O–H groups in total. The third kappa shape index (κ3) is 1.33. The number of aryl methyl sites for hydroxylation is 2. The molecule has 0 radical (unpaired) electrons. The van der Waals surface area contributed by atoms with Gasteiger partial charge < -0.3 is 4.98 Å². The quantitative estimate of drug-likeness (QED) is 0.625. The average molecular weight is 175 g/mol. The first-order chi connectivity index (χ1) is 6.31. The second kappa shape index (κ2) is 3.02. The molecule has 0 bridgehead atoms. The van der Waals surface area contributed by atoms with Gasteiger partial charge in [0.25, 0.3) is 5.56 Å². The summed E-state index contributed by atoms with van der Waals surface area (Å²) in [7, 11) is 0. The summed E-state index contributed by atoms with van der Waals surface area (Å²) in [6.45, 7) is 0. The Balaban J connectivity index is 2.59. The number of fused-ring (bicyclic) bond motifs is 1. The molecule has 0 unspecified atom stereocenters. The Morgan fingerprint density at radius 3 is 2.92 bits per heavy atom. The van der Waals surface area contributed by atoms with Crippen molar-refractivity contribution in [1.82, 2.24) is 9.97 Å². The molecule has 0 spiro atoms. The Labute approximate surface area is 75.2 Å². The van der Waals surface area contributed by atoms with Crippen molar-refractivity contribution in [2.45, 2.75) is 25.7 Å². The van der Waals surface area contributed by atoms with Crippen molar-refractivity contribution in [3.8, 4) is 6.07 Å². The van der Waals surface area contributed by atoms with Crippen LogP contribution in [0.1, 0.15) is 29.9 Å². The molecule has 0 amide bonds. The van der Waals surface area contributed by atoms with Crippen molar-refractivity contribution in [3.63, 3.8) is 0 Å². The van der Waals surface area contributed by atoms with Crippen LogP contribution in [0.2, 0.25) is 0 Å². The van der Waals surface area contributed by atoms with Crippen LogP contribution in [0.3, 0.4) is 0 Å². The average Bonchev–Trinajstić information content (AvgIpc) is 2.17. The van der Waals surface area contributed by atoms with Crippen LogP contribution in [-0.2, 0) is 12.8 Å². The van der Waals surface area contributed by atoms with Gasteiger partial charge in [-0.15, -0.1) is 0 Å². The lowest BCUT2D eigenvalue weighted by atomic mass is 10.0. The highest BCUT2D eigenvalue weighted by atomic mass is 16.1. The van der Waals surface area contributed by atoms with E-state index >= 15 is 0 Å². The van der Waals surface area contributed by atoms with Gasteiger partial charge in [-0.25, -0.2) is 4.98 Å². The fourth-order valence-electron chi connectivity index (χ4n) is 1.61. The molecule has 1 aromatic rings. The van der Waals surface area contributed by atoms with E-state index < -0.39 is 0 Å². The predicted molar refractivity (Wildman–Crippen MR) is 46.2 cm³/mol. The molecule has 0 atom stereocenters. The van der Waals surface area contributed by atoms with Crippen LogP contribution < -0.4 is 5.56 Å². The summed E-state index contributed by atoms with van der Waals surface area (Å²) in [6, 6.07) is 1.79. The molecular weight excluding hydrogens is 166 g/mol. The minimum atomic E-state index is -0.358. The van der Waals surface area contributed by atoms with Gasteiger partial charge in [0.2, 0.25) is 5.69 Å². The van der Waals surface area contributed by atoms with E-state index in [1.807, 2.05) is 0 Å². The number of hydrogen-bond donors (Lipinski definition) is 1. The highest BCUT2D eigenvalue weighted by Crippen LogP contribution is 2.15. The Kier molecular flexibility index (Phi) is 1.85. The van der Waals surface area contributed by atoms with Gasteiger partial charge in [-0.1, -0.05) is 0 Å². The second-order valence-corrected chi connectivity index (χ2v) is 3.16. The minimum absolute atomic E-state index is 0.0133. The summed E-state index contributed by atoms with van der Waals surface area (Å²) in [5.74, 6) is 0. The lowest BCUT2D eigenvalue weighted by Gasteiger charge is -2.13. The molecule has 0 saturated carbocycles. The molecule has 4 nitrogen and oxygen atoms in total. The van der Waals surface area contributed by atoms with Gasteiger partial charge >= 0.3 is 0 Å². The largest absolute Gasteiger partial charge is 0.322 e. The van der Waals surface area contributed by atoms with Crippen molar-refractivity contribution in [2.24, 2.45) is 0 Å². The predicted octanol–water partition coefficient (Wildman–Crippen LogP) is 0.520. The number of nitriles is 1. The number of nitrogens with zero attached hydrogens (tertiary/aromatic N) is 2. The zero-order valence-corrected chi connectivity index (χ0v) is 7.13. The molecule has 2 rings (SSSR count). The van der Waals surface area contributed by atoms with Gasteiger partial charge in [0.15, 0.2) is 0 Å². The second-order valence-electron chi connectivity index (χ2n) is 3.16. The van der Waals surface area contributed by atoms with Gasteiger partial charge in [0.05, 0.1) is 5.69 Å². The van der Waals surface area contributed by atoms with E-state index in [2.05, 4.69) is 9.97 Å². The number of nitrogens with one attached hydrogen (secondary N) is 1. The van der Waals surface area contributed by atoms with Crippen LogP contribution in [0.25, 0.3) is 0 Å². The molecule has 1 aromatic heterocycles. The van der Waals surface area contributed by atoms with Crippen LogP contribution in [0, 0.1) is 11.3 Å². The lowest BCUT2D eigenvalue weighted by Crippen LogP contribution is -2.20. The number of rotatable bonds is 0. The molecule has 0 saturated heterocycles. The Morgan fingerprint density at radius 1 is 1.38 bits per heavy atom. The third-order valence-electron chi connectivity index (χ3n) is 2.27. The number of aromatic amines is 1. The summed E-state index contributed by atoms with van der Waals surface area (Å²) in [6.07, 6.45) is 3.94. The van der Waals surface area contributed by atoms with Gasteiger partial charge in [-0.05, 0) is 25.7 Å². The monoisotopic (exact) mass is 175 g/mol. The van der Waals surface area contributed by atoms with Crippen molar-refractivity contribution < 1.29 is 0 Å².